The van der Waals surface area contributed by atoms with Gasteiger partial charge in [0.15, 0.2) is 11.5 Å². The molecule has 0 spiro atoms. The van der Waals surface area contributed by atoms with E-state index in [9.17, 15) is 13.6 Å². The van der Waals surface area contributed by atoms with Gasteiger partial charge in [0.2, 0.25) is 11.8 Å². The number of nitrogens with zero attached hydrogens (tertiary/aromatic N) is 3. The zero-order valence-electron chi connectivity index (χ0n) is 17.0. The lowest BCUT2D eigenvalue weighted by atomic mass is 10.1. The number of halogens is 3. The largest absolute Gasteiger partial charge is 0.493 e. The number of hydrogen-bond donors (Lipinski definition) is 0. The fourth-order valence-corrected chi connectivity index (χ4v) is 2.95. The summed E-state index contributed by atoms with van der Waals surface area (Å²) in [7, 11) is 1.30. The van der Waals surface area contributed by atoms with Crippen LogP contribution in [0.1, 0.15) is 30.1 Å². The average molecular weight is 452 g/mol. The zero-order valence-corrected chi connectivity index (χ0v) is 17.8. The summed E-state index contributed by atoms with van der Waals surface area (Å²) >= 11 is 5.89. The number of carbonyl (C=O) groups is 1. The quantitative estimate of drug-likeness (QED) is 0.477. The molecule has 0 aliphatic carbocycles. The Balaban J connectivity index is 1.81. The van der Waals surface area contributed by atoms with E-state index in [1.54, 1.807) is 24.3 Å². The standard InChI is InChI=1S/C21H20ClF2N3O4/c1-12(2)27(11-18-25-26-19(31-18)13-4-7-15(22)8-5-13)20(28)14-6-9-16(30-21(23)24)17(10-14)29-3/h4-10,12,21H,11H2,1-3H3. The van der Waals surface area contributed by atoms with Gasteiger partial charge in [-0.25, -0.2) is 0 Å². The van der Waals surface area contributed by atoms with Gasteiger partial charge in [-0.15, -0.1) is 10.2 Å². The second kappa shape index (κ2) is 9.74. The summed E-state index contributed by atoms with van der Waals surface area (Å²) < 4.78 is 40.2. The van der Waals surface area contributed by atoms with Crippen LogP contribution in [0, 0.1) is 0 Å². The van der Waals surface area contributed by atoms with Crippen LogP contribution < -0.4 is 9.47 Å². The normalized spacial score (nSPS) is 11.1. The van der Waals surface area contributed by atoms with E-state index < -0.39 is 6.61 Å². The van der Waals surface area contributed by atoms with Crippen molar-refractivity contribution in [3.05, 3.63) is 58.9 Å². The van der Waals surface area contributed by atoms with Gasteiger partial charge in [0.1, 0.15) is 0 Å². The molecule has 0 saturated carbocycles. The number of hydrogen-bond acceptors (Lipinski definition) is 6. The highest BCUT2D eigenvalue weighted by atomic mass is 35.5. The molecule has 0 unspecified atom stereocenters. The molecule has 2 aromatic carbocycles. The van der Waals surface area contributed by atoms with Crippen LogP contribution in [-0.2, 0) is 6.54 Å². The van der Waals surface area contributed by atoms with Crippen molar-refractivity contribution in [1.82, 2.24) is 15.1 Å². The Hall–Kier alpha value is -3.20. The van der Waals surface area contributed by atoms with E-state index in [1.807, 2.05) is 13.8 Å². The highest BCUT2D eigenvalue weighted by Crippen LogP contribution is 2.30. The Morgan fingerprint density at radius 1 is 1.13 bits per heavy atom. The highest BCUT2D eigenvalue weighted by molar-refractivity contribution is 6.30. The molecule has 0 N–H and O–H groups in total. The molecule has 0 aliphatic rings. The minimum Gasteiger partial charge on any atom is -0.493 e. The lowest BCUT2D eigenvalue weighted by Crippen LogP contribution is -2.36. The Bertz CT molecular complexity index is 1040. The van der Waals surface area contributed by atoms with Crippen LogP contribution in [0.25, 0.3) is 11.5 Å². The third kappa shape index (κ3) is 5.49. The maximum Gasteiger partial charge on any atom is 0.387 e. The SMILES string of the molecule is COc1cc(C(=O)N(Cc2nnc(-c3ccc(Cl)cc3)o2)C(C)C)ccc1OC(F)F. The molecule has 1 aromatic heterocycles. The molecular formula is C21H20ClF2N3O4. The number of amides is 1. The predicted molar refractivity (Wildman–Crippen MR) is 109 cm³/mol. The van der Waals surface area contributed by atoms with Crippen LogP contribution in [-0.4, -0.2) is 40.8 Å². The summed E-state index contributed by atoms with van der Waals surface area (Å²) in [6, 6.07) is 10.7. The van der Waals surface area contributed by atoms with Gasteiger partial charge in [-0.1, -0.05) is 11.6 Å². The maximum atomic E-state index is 13.1. The third-order valence-electron chi connectivity index (χ3n) is 4.37. The number of benzene rings is 2. The van der Waals surface area contributed by atoms with Crippen LogP contribution in [0.3, 0.4) is 0 Å². The Morgan fingerprint density at radius 2 is 1.84 bits per heavy atom. The summed E-state index contributed by atoms with van der Waals surface area (Å²) in [6.45, 7) is 0.726. The third-order valence-corrected chi connectivity index (χ3v) is 4.63. The summed E-state index contributed by atoms with van der Waals surface area (Å²) in [5.41, 5.74) is 0.939. The van der Waals surface area contributed by atoms with Crippen LogP contribution in [0.5, 0.6) is 11.5 Å². The highest BCUT2D eigenvalue weighted by Gasteiger charge is 2.23. The van der Waals surface area contributed by atoms with E-state index in [0.29, 0.717) is 16.5 Å². The van der Waals surface area contributed by atoms with Crippen molar-refractivity contribution in [3.8, 4) is 23.0 Å². The number of methoxy groups -OCH3 is 1. The molecule has 3 rings (SSSR count). The molecule has 3 aromatic rings. The van der Waals surface area contributed by atoms with Gasteiger partial charge >= 0.3 is 6.61 Å². The fourth-order valence-electron chi connectivity index (χ4n) is 2.82. The molecule has 1 heterocycles. The Morgan fingerprint density at radius 3 is 2.45 bits per heavy atom. The fraction of sp³-hybridized carbons (Fsp3) is 0.286. The van der Waals surface area contributed by atoms with Crippen LogP contribution in [0.2, 0.25) is 5.02 Å². The Labute approximate surface area is 182 Å². The first kappa shape index (κ1) is 22.5. The van der Waals surface area contributed by atoms with Crippen molar-refractivity contribution >= 4 is 17.5 Å². The zero-order chi connectivity index (χ0) is 22.5. The average Bonchev–Trinajstić information content (AvgIpc) is 3.20. The van der Waals surface area contributed by atoms with Crippen molar-refractivity contribution in [3.63, 3.8) is 0 Å². The molecule has 0 aliphatic heterocycles. The molecule has 0 bridgehead atoms. The molecule has 0 atom stereocenters. The monoisotopic (exact) mass is 451 g/mol. The second-order valence-corrected chi connectivity index (χ2v) is 7.22. The van der Waals surface area contributed by atoms with Crippen LogP contribution in [0.15, 0.2) is 46.9 Å². The summed E-state index contributed by atoms with van der Waals surface area (Å²) in [6.07, 6.45) is 0. The predicted octanol–water partition coefficient (Wildman–Crippen LogP) is 5.05. The van der Waals surface area contributed by atoms with E-state index >= 15 is 0 Å². The topological polar surface area (TPSA) is 77.7 Å². The van der Waals surface area contributed by atoms with E-state index in [-0.39, 0.29) is 41.4 Å². The van der Waals surface area contributed by atoms with Crippen LogP contribution >= 0.6 is 11.6 Å². The summed E-state index contributed by atoms with van der Waals surface area (Å²) in [5.74, 6) is 0.0603. The van der Waals surface area contributed by atoms with Crippen molar-refractivity contribution in [2.24, 2.45) is 0 Å². The van der Waals surface area contributed by atoms with E-state index in [0.717, 1.165) is 0 Å². The molecule has 10 heteroatoms. The minimum atomic E-state index is -3.00. The lowest BCUT2D eigenvalue weighted by molar-refractivity contribution is -0.0512. The molecule has 0 fully saturated rings. The first-order valence-electron chi connectivity index (χ1n) is 9.30. The number of carbonyl (C=O) groups excluding carboxylic acids is 1. The molecule has 31 heavy (non-hydrogen) atoms. The van der Waals surface area contributed by atoms with Crippen molar-refractivity contribution < 1.29 is 27.5 Å². The number of aromatic nitrogens is 2. The van der Waals surface area contributed by atoms with Crippen molar-refractivity contribution in [2.45, 2.75) is 33.0 Å². The van der Waals surface area contributed by atoms with E-state index in [4.69, 9.17) is 20.8 Å². The van der Waals surface area contributed by atoms with Crippen molar-refractivity contribution in [1.29, 1.82) is 0 Å². The van der Waals surface area contributed by atoms with Gasteiger partial charge < -0.3 is 18.8 Å². The maximum absolute atomic E-state index is 13.1. The molecule has 0 radical (unpaired) electrons. The molecule has 164 valence electrons. The molecule has 1 amide bonds. The first-order chi connectivity index (χ1) is 14.8. The molecule has 7 nitrogen and oxygen atoms in total. The van der Waals surface area contributed by atoms with Gasteiger partial charge in [-0.2, -0.15) is 8.78 Å². The van der Waals surface area contributed by atoms with Gasteiger partial charge in [0, 0.05) is 22.2 Å². The lowest BCUT2D eigenvalue weighted by Gasteiger charge is -2.25. The van der Waals surface area contributed by atoms with Crippen LogP contribution in [0.4, 0.5) is 8.78 Å². The number of ether oxygens (including phenoxy) is 2. The number of alkyl halides is 2. The van der Waals surface area contributed by atoms with E-state index in [1.165, 1.54) is 30.2 Å². The number of rotatable bonds is 8. The first-order valence-corrected chi connectivity index (χ1v) is 9.68. The van der Waals surface area contributed by atoms with Gasteiger partial charge in [-0.3, -0.25) is 4.79 Å². The second-order valence-electron chi connectivity index (χ2n) is 6.78. The van der Waals surface area contributed by atoms with Gasteiger partial charge in [0.25, 0.3) is 5.91 Å². The minimum absolute atomic E-state index is 0.0256. The summed E-state index contributed by atoms with van der Waals surface area (Å²) in [5, 5.41) is 8.63. The van der Waals surface area contributed by atoms with Crippen molar-refractivity contribution in [2.75, 3.05) is 7.11 Å². The molecule has 0 saturated heterocycles. The van der Waals surface area contributed by atoms with Gasteiger partial charge in [0.05, 0.1) is 13.7 Å². The smallest absolute Gasteiger partial charge is 0.387 e. The summed E-state index contributed by atoms with van der Waals surface area (Å²) in [4.78, 5) is 14.6. The molecular weight excluding hydrogens is 432 g/mol. The Kier molecular flexibility index (Phi) is 7.06. The van der Waals surface area contributed by atoms with Gasteiger partial charge in [-0.05, 0) is 56.3 Å². The van der Waals surface area contributed by atoms with E-state index in [2.05, 4.69) is 14.9 Å².